The standard InChI is InChI=1S/C14H14Br2N2O2S/c1-7-13(21-6-17-7)8(2)18-12-10(14(19)20-3)4-9(15)5-11(12)16/h4-6,8,18H,1-3H3. The smallest absolute Gasteiger partial charge is 0.340 e. The van der Waals surface area contributed by atoms with Crippen molar-refractivity contribution in [3.8, 4) is 0 Å². The molecule has 2 aromatic rings. The van der Waals surface area contributed by atoms with E-state index in [4.69, 9.17) is 4.74 Å². The second-order valence-corrected chi connectivity index (χ2v) is 7.13. The molecule has 0 bridgehead atoms. The van der Waals surface area contributed by atoms with Crippen LogP contribution in [0.25, 0.3) is 0 Å². The Hall–Kier alpha value is -0.920. The third kappa shape index (κ3) is 3.64. The largest absolute Gasteiger partial charge is 0.465 e. The van der Waals surface area contributed by atoms with E-state index in [0.717, 1.165) is 19.5 Å². The van der Waals surface area contributed by atoms with Gasteiger partial charge in [0.1, 0.15) is 0 Å². The maximum atomic E-state index is 12.0. The van der Waals surface area contributed by atoms with Gasteiger partial charge in [0.15, 0.2) is 0 Å². The van der Waals surface area contributed by atoms with E-state index in [0.29, 0.717) is 11.3 Å². The summed E-state index contributed by atoms with van der Waals surface area (Å²) < 4.78 is 6.46. The number of rotatable bonds is 4. The summed E-state index contributed by atoms with van der Waals surface area (Å²) in [6.07, 6.45) is 0. The maximum absolute atomic E-state index is 12.0. The van der Waals surface area contributed by atoms with Crippen LogP contribution in [0.4, 0.5) is 5.69 Å². The molecule has 112 valence electrons. The first-order valence-corrected chi connectivity index (χ1v) is 8.64. The summed E-state index contributed by atoms with van der Waals surface area (Å²) in [6.45, 7) is 4.01. The van der Waals surface area contributed by atoms with Crippen LogP contribution < -0.4 is 5.32 Å². The highest BCUT2D eigenvalue weighted by Gasteiger charge is 2.19. The number of methoxy groups -OCH3 is 1. The number of hydrogen-bond acceptors (Lipinski definition) is 5. The molecule has 1 unspecified atom stereocenters. The van der Waals surface area contributed by atoms with Gasteiger partial charge in [-0.15, -0.1) is 11.3 Å². The Morgan fingerprint density at radius 1 is 1.43 bits per heavy atom. The zero-order valence-electron chi connectivity index (χ0n) is 11.7. The van der Waals surface area contributed by atoms with Crippen LogP contribution in [0.5, 0.6) is 0 Å². The number of halogens is 2. The minimum absolute atomic E-state index is 0.0402. The highest BCUT2D eigenvalue weighted by Crippen LogP contribution is 2.34. The van der Waals surface area contributed by atoms with E-state index in [-0.39, 0.29) is 12.0 Å². The Bertz CT molecular complexity index is 673. The summed E-state index contributed by atoms with van der Waals surface area (Å²) in [5.74, 6) is -0.382. The molecular formula is C14H14Br2N2O2S. The van der Waals surface area contributed by atoms with Crippen molar-refractivity contribution in [2.75, 3.05) is 12.4 Å². The average molecular weight is 434 g/mol. The molecule has 1 atom stereocenters. The number of aryl methyl sites for hydroxylation is 1. The molecule has 0 aliphatic heterocycles. The molecule has 1 N–H and O–H groups in total. The molecule has 1 aromatic carbocycles. The van der Waals surface area contributed by atoms with Gasteiger partial charge in [0.25, 0.3) is 0 Å². The number of thiazole rings is 1. The lowest BCUT2D eigenvalue weighted by Gasteiger charge is -2.18. The number of ether oxygens (including phenoxy) is 1. The Balaban J connectivity index is 2.39. The third-order valence-corrected chi connectivity index (χ3v) is 5.19. The lowest BCUT2D eigenvalue weighted by Crippen LogP contribution is -2.12. The average Bonchev–Trinajstić information content (AvgIpc) is 2.86. The number of aromatic nitrogens is 1. The molecule has 0 spiro atoms. The zero-order valence-corrected chi connectivity index (χ0v) is 15.7. The van der Waals surface area contributed by atoms with Gasteiger partial charge in [-0.3, -0.25) is 0 Å². The van der Waals surface area contributed by atoms with Crippen molar-refractivity contribution in [1.29, 1.82) is 0 Å². The quantitative estimate of drug-likeness (QED) is 0.694. The van der Waals surface area contributed by atoms with Crippen LogP contribution in [0, 0.1) is 6.92 Å². The fraction of sp³-hybridized carbons (Fsp3) is 0.286. The lowest BCUT2D eigenvalue weighted by molar-refractivity contribution is 0.0601. The van der Waals surface area contributed by atoms with Crippen molar-refractivity contribution >= 4 is 54.9 Å². The predicted molar refractivity (Wildman–Crippen MR) is 92.1 cm³/mol. The second kappa shape index (κ2) is 6.89. The van der Waals surface area contributed by atoms with Crippen molar-refractivity contribution < 1.29 is 9.53 Å². The first-order valence-electron chi connectivity index (χ1n) is 6.18. The van der Waals surface area contributed by atoms with Crippen molar-refractivity contribution in [2.24, 2.45) is 0 Å². The van der Waals surface area contributed by atoms with E-state index in [9.17, 15) is 4.79 Å². The van der Waals surface area contributed by atoms with E-state index in [1.165, 1.54) is 7.11 Å². The fourth-order valence-corrected chi connectivity index (χ4v) is 4.15. The molecule has 1 heterocycles. The number of nitrogens with zero attached hydrogens (tertiary/aromatic N) is 1. The van der Waals surface area contributed by atoms with E-state index in [1.807, 2.05) is 25.4 Å². The van der Waals surface area contributed by atoms with Crippen LogP contribution in [-0.2, 0) is 4.74 Å². The van der Waals surface area contributed by atoms with E-state index in [1.54, 1.807) is 17.4 Å². The van der Waals surface area contributed by atoms with Crippen molar-refractivity contribution in [3.63, 3.8) is 0 Å². The number of nitrogens with one attached hydrogen (secondary N) is 1. The number of anilines is 1. The minimum Gasteiger partial charge on any atom is -0.465 e. The van der Waals surface area contributed by atoms with Gasteiger partial charge in [0.05, 0.1) is 35.6 Å². The summed E-state index contributed by atoms with van der Waals surface area (Å²) >= 11 is 8.47. The van der Waals surface area contributed by atoms with Crippen LogP contribution in [0.15, 0.2) is 26.6 Å². The Morgan fingerprint density at radius 3 is 2.71 bits per heavy atom. The molecule has 2 rings (SSSR count). The molecule has 0 fully saturated rings. The number of benzene rings is 1. The van der Waals surface area contributed by atoms with Crippen LogP contribution >= 0.6 is 43.2 Å². The Morgan fingerprint density at radius 2 is 2.14 bits per heavy atom. The molecule has 0 saturated carbocycles. The molecule has 0 aliphatic rings. The van der Waals surface area contributed by atoms with E-state index >= 15 is 0 Å². The molecule has 1 aromatic heterocycles. The third-order valence-electron chi connectivity index (χ3n) is 3.00. The summed E-state index contributed by atoms with van der Waals surface area (Å²) in [5, 5.41) is 3.37. The number of carbonyl (C=O) groups is 1. The van der Waals surface area contributed by atoms with E-state index in [2.05, 4.69) is 42.2 Å². The molecule has 0 radical (unpaired) electrons. The highest BCUT2D eigenvalue weighted by molar-refractivity contribution is 9.11. The molecule has 0 aliphatic carbocycles. The van der Waals surface area contributed by atoms with Gasteiger partial charge in [-0.05, 0) is 41.9 Å². The van der Waals surface area contributed by atoms with Gasteiger partial charge in [0.2, 0.25) is 0 Å². The van der Waals surface area contributed by atoms with Gasteiger partial charge >= 0.3 is 5.97 Å². The van der Waals surface area contributed by atoms with Crippen molar-refractivity contribution in [3.05, 3.63) is 42.7 Å². The van der Waals surface area contributed by atoms with Gasteiger partial charge in [0, 0.05) is 13.8 Å². The molecule has 7 heteroatoms. The monoisotopic (exact) mass is 432 g/mol. The zero-order chi connectivity index (χ0) is 15.6. The predicted octanol–water partition coefficient (Wildman–Crippen LogP) is 4.94. The fourth-order valence-electron chi connectivity index (χ4n) is 2.00. The summed E-state index contributed by atoms with van der Waals surface area (Å²) in [4.78, 5) is 17.4. The van der Waals surface area contributed by atoms with Gasteiger partial charge in [-0.2, -0.15) is 0 Å². The first-order chi connectivity index (χ1) is 9.93. The van der Waals surface area contributed by atoms with Gasteiger partial charge < -0.3 is 10.1 Å². The van der Waals surface area contributed by atoms with E-state index < -0.39 is 0 Å². The number of esters is 1. The van der Waals surface area contributed by atoms with Crippen LogP contribution in [0.1, 0.15) is 33.9 Å². The highest BCUT2D eigenvalue weighted by atomic mass is 79.9. The van der Waals surface area contributed by atoms with Gasteiger partial charge in [-0.1, -0.05) is 15.9 Å². The molecule has 0 saturated heterocycles. The normalized spacial score (nSPS) is 12.0. The van der Waals surface area contributed by atoms with Crippen molar-refractivity contribution in [1.82, 2.24) is 4.98 Å². The maximum Gasteiger partial charge on any atom is 0.340 e. The topological polar surface area (TPSA) is 51.2 Å². The molecule has 21 heavy (non-hydrogen) atoms. The number of carbonyl (C=O) groups excluding carboxylic acids is 1. The second-order valence-electron chi connectivity index (χ2n) is 4.47. The van der Waals surface area contributed by atoms with Crippen LogP contribution in [-0.4, -0.2) is 18.1 Å². The summed E-state index contributed by atoms with van der Waals surface area (Å²) in [5.41, 5.74) is 4.01. The minimum atomic E-state index is -0.382. The summed E-state index contributed by atoms with van der Waals surface area (Å²) in [7, 11) is 1.37. The SMILES string of the molecule is COC(=O)c1cc(Br)cc(Br)c1NC(C)c1scnc1C. The van der Waals surface area contributed by atoms with Crippen LogP contribution in [0.3, 0.4) is 0 Å². The number of hydrogen-bond donors (Lipinski definition) is 1. The summed E-state index contributed by atoms with van der Waals surface area (Å²) in [6, 6.07) is 3.67. The van der Waals surface area contributed by atoms with Crippen molar-refractivity contribution in [2.45, 2.75) is 19.9 Å². The molecular weight excluding hydrogens is 420 g/mol. The first kappa shape index (κ1) is 16.5. The molecule has 4 nitrogen and oxygen atoms in total. The molecule has 0 amide bonds. The van der Waals surface area contributed by atoms with Gasteiger partial charge in [-0.25, -0.2) is 9.78 Å². The van der Waals surface area contributed by atoms with Crippen LogP contribution in [0.2, 0.25) is 0 Å². The Kier molecular flexibility index (Phi) is 5.40. The lowest BCUT2D eigenvalue weighted by atomic mass is 10.1. The Labute approximate surface area is 144 Å².